The summed E-state index contributed by atoms with van der Waals surface area (Å²) in [6, 6.07) is 9.51. The van der Waals surface area contributed by atoms with Crippen LogP contribution in [0.2, 0.25) is 0 Å². The first-order valence-electron chi connectivity index (χ1n) is 4.88. The van der Waals surface area contributed by atoms with Gasteiger partial charge in [-0.3, -0.25) is 4.79 Å². The fourth-order valence-corrected chi connectivity index (χ4v) is 1.56. The van der Waals surface area contributed by atoms with Crippen molar-refractivity contribution in [3.63, 3.8) is 0 Å². The summed E-state index contributed by atoms with van der Waals surface area (Å²) in [4.78, 5) is 11.1. The summed E-state index contributed by atoms with van der Waals surface area (Å²) in [5, 5.41) is 3.17. The normalized spacial score (nSPS) is 17.4. The topological polar surface area (TPSA) is 55.1 Å². The Morgan fingerprint density at radius 1 is 1.36 bits per heavy atom. The molecule has 0 aromatic heterocycles. The number of nitrogens with one attached hydrogen (secondary N) is 1. The van der Waals surface area contributed by atoms with Crippen LogP contribution in [-0.4, -0.2) is 11.9 Å². The third-order valence-corrected chi connectivity index (χ3v) is 2.50. The molecule has 0 spiro atoms. The second-order valence-electron chi connectivity index (χ2n) is 3.73. The molecule has 0 aliphatic heterocycles. The zero-order chi connectivity index (χ0) is 9.97. The van der Waals surface area contributed by atoms with Crippen molar-refractivity contribution in [2.24, 2.45) is 11.7 Å². The summed E-state index contributed by atoms with van der Waals surface area (Å²) in [6.45, 7) is 0. The molecule has 74 valence electrons. The van der Waals surface area contributed by atoms with Crippen molar-refractivity contribution in [3.05, 3.63) is 30.3 Å². The van der Waals surface area contributed by atoms with E-state index in [2.05, 4.69) is 5.32 Å². The fraction of sp³-hybridized carbons (Fsp3) is 0.364. The van der Waals surface area contributed by atoms with Gasteiger partial charge in [-0.15, -0.1) is 0 Å². The summed E-state index contributed by atoms with van der Waals surface area (Å²) in [6.07, 6.45) is 2.21. The molecular formula is C11H14N2O. The molecule has 2 rings (SSSR count). The third-order valence-electron chi connectivity index (χ3n) is 2.50. The molecule has 1 amide bonds. The zero-order valence-electron chi connectivity index (χ0n) is 7.94. The molecular weight excluding hydrogens is 176 g/mol. The number of hydrogen-bond acceptors (Lipinski definition) is 2. The van der Waals surface area contributed by atoms with Gasteiger partial charge in [-0.2, -0.15) is 0 Å². The summed E-state index contributed by atoms with van der Waals surface area (Å²) >= 11 is 0. The Bertz CT molecular complexity index is 319. The fourth-order valence-electron chi connectivity index (χ4n) is 1.56. The molecule has 1 aliphatic rings. The van der Waals surface area contributed by atoms with E-state index >= 15 is 0 Å². The Kier molecular flexibility index (Phi) is 2.39. The van der Waals surface area contributed by atoms with Crippen molar-refractivity contribution in [2.75, 3.05) is 5.32 Å². The number of benzene rings is 1. The third kappa shape index (κ3) is 2.05. The van der Waals surface area contributed by atoms with E-state index in [1.165, 1.54) is 0 Å². The lowest BCUT2D eigenvalue weighted by Crippen LogP contribution is -2.37. The van der Waals surface area contributed by atoms with Gasteiger partial charge in [0.15, 0.2) is 0 Å². The van der Waals surface area contributed by atoms with Gasteiger partial charge in [0.25, 0.3) is 0 Å². The van der Waals surface area contributed by atoms with Gasteiger partial charge in [-0.1, -0.05) is 18.2 Å². The van der Waals surface area contributed by atoms with E-state index in [1.807, 2.05) is 30.3 Å². The van der Waals surface area contributed by atoms with Crippen LogP contribution in [0.15, 0.2) is 30.3 Å². The standard InChI is InChI=1S/C11H14N2O/c12-11(14)10(8-6-7-8)13-9-4-2-1-3-5-9/h1-5,8,10,13H,6-7H2,(H2,12,14). The summed E-state index contributed by atoms with van der Waals surface area (Å²) < 4.78 is 0. The summed E-state index contributed by atoms with van der Waals surface area (Å²) in [7, 11) is 0. The van der Waals surface area contributed by atoms with Crippen LogP contribution in [0.4, 0.5) is 5.69 Å². The van der Waals surface area contributed by atoms with Crippen molar-refractivity contribution in [1.82, 2.24) is 0 Å². The van der Waals surface area contributed by atoms with Gasteiger partial charge in [0, 0.05) is 5.69 Å². The Morgan fingerprint density at radius 3 is 2.50 bits per heavy atom. The molecule has 1 aromatic carbocycles. The monoisotopic (exact) mass is 190 g/mol. The second kappa shape index (κ2) is 3.70. The lowest BCUT2D eigenvalue weighted by atomic mass is 10.1. The van der Waals surface area contributed by atoms with E-state index < -0.39 is 0 Å². The van der Waals surface area contributed by atoms with Crippen LogP contribution in [0.1, 0.15) is 12.8 Å². The van der Waals surface area contributed by atoms with Crippen molar-refractivity contribution < 1.29 is 4.79 Å². The van der Waals surface area contributed by atoms with E-state index in [-0.39, 0.29) is 11.9 Å². The molecule has 1 fully saturated rings. The van der Waals surface area contributed by atoms with Gasteiger partial charge in [0.1, 0.15) is 6.04 Å². The number of rotatable bonds is 4. The molecule has 1 aliphatic carbocycles. The average Bonchev–Trinajstić information content (AvgIpc) is 2.99. The van der Waals surface area contributed by atoms with Crippen LogP contribution >= 0.6 is 0 Å². The highest BCUT2D eigenvalue weighted by molar-refractivity contribution is 5.83. The predicted molar refractivity (Wildman–Crippen MR) is 55.8 cm³/mol. The van der Waals surface area contributed by atoms with Gasteiger partial charge >= 0.3 is 0 Å². The number of para-hydroxylation sites is 1. The van der Waals surface area contributed by atoms with Gasteiger partial charge in [0.05, 0.1) is 0 Å². The minimum Gasteiger partial charge on any atom is -0.373 e. The molecule has 3 N–H and O–H groups in total. The highest BCUT2D eigenvalue weighted by Gasteiger charge is 2.34. The molecule has 14 heavy (non-hydrogen) atoms. The number of primary amides is 1. The van der Waals surface area contributed by atoms with Gasteiger partial charge in [0.2, 0.25) is 5.91 Å². The molecule has 1 unspecified atom stereocenters. The largest absolute Gasteiger partial charge is 0.373 e. The maximum Gasteiger partial charge on any atom is 0.240 e. The minimum atomic E-state index is -0.253. The minimum absolute atomic E-state index is 0.197. The lowest BCUT2D eigenvalue weighted by molar-refractivity contribution is -0.119. The molecule has 3 nitrogen and oxygen atoms in total. The molecule has 1 aromatic rings. The van der Waals surface area contributed by atoms with Crippen molar-refractivity contribution in [2.45, 2.75) is 18.9 Å². The zero-order valence-corrected chi connectivity index (χ0v) is 7.94. The Hall–Kier alpha value is -1.51. The quantitative estimate of drug-likeness (QED) is 0.753. The number of carbonyl (C=O) groups is 1. The van der Waals surface area contributed by atoms with Crippen LogP contribution in [-0.2, 0) is 4.79 Å². The van der Waals surface area contributed by atoms with E-state index in [0.29, 0.717) is 5.92 Å². The molecule has 1 atom stereocenters. The van der Waals surface area contributed by atoms with E-state index in [1.54, 1.807) is 0 Å². The van der Waals surface area contributed by atoms with Crippen molar-refractivity contribution in [3.8, 4) is 0 Å². The van der Waals surface area contributed by atoms with Crippen molar-refractivity contribution >= 4 is 11.6 Å². The smallest absolute Gasteiger partial charge is 0.240 e. The average molecular weight is 190 g/mol. The van der Waals surface area contributed by atoms with Gasteiger partial charge < -0.3 is 11.1 Å². The number of amides is 1. The summed E-state index contributed by atoms with van der Waals surface area (Å²) in [5.74, 6) is 0.184. The SMILES string of the molecule is NC(=O)C(Nc1ccccc1)C1CC1. The van der Waals surface area contributed by atoms with E-state index in [0.717, 1.165) is 18.5 Å². The molecule has 0 radical (unpaired) electrons. The Morgan fingerprint density at radius 2 is 2.00 bits per heavy atom. The molecule has 1 saturated carbocycles. The van der Waals surface area contributed by atoms with Gasteiger partial charge in [-0.25, -0.2) is 0 Å². The number of nitrogens with two attached hydrogens (primary N) is 1. The molecule has 0 saturated heterocycles. The van der Waals surface area contributed by atoms with E-state index in [4.69, 9.17) is 5.73 Å². The maximum atomic E-state index is 11.1. The second-order valence-corrected chi connectivity index (χ2v) is 3.73. The van der Waals surface area contributed by atoms with Crippen LogP contribution in [0.25, 0.3) is 0 Å². The molecule has 0 heterocycles. The maximum absolute atomic E-state index is 11.1. The first-order chi connectivity index (χ1) is 6.77. The first-order valence-corrected chi connectivity index (χ1v) is 4.88. The van der Waals surface area contributed by atoms with Crippen LogP contribution in [0.3, 0.4) is 0 Å². The number of carbonyl (C=O) groups excluding carboxylic acids is 1. The molecule has 0 bridgehead atoms. The summed E-state index contributed by atoms with van der Waals surface area (Å²) in [5.41, 5.74) is 6.29. The van der Waals surface area contributed by atoms with Crippen LogP contribution < -0.4 is 11.1 Å². The van der Waals surface area contributed by atoms with E-state index in [9.17, 15) is 4.79 Å². The molecule has 3 heteroatoms. The Labute approximate surface area is 83.3 Å². The number of anilines is 1. The van der Waals surface area contributed by atoms with Crippen LogP contribution in [0.5, 0.6) is 0 Å². The van der Waals surface area contributed by atoms with Gasteiger partial charge in [-0.05, 0) is 30.9 Å². The number of hydrogen-bond donors (Lipinski definition) is 2. The highest BCUT2D eigenvalue weighted by Crippen LogP contribution is 2.34. The Balaban J connectivity index is 2.04. The first kappa shape index (κ1) is 9.06. The lowest BCUT2D eigenvalue weighted by Gasteiger charge is -2.15. The van der Waals surface area contributed by atoms with Crippen LogP contribution in [0, 0.1) is 5.92 Å². The van der Waals surface area contributed by atoms with Crippen molar-refractivity contribution in [1.29, 1.82) is 0 Å². The predicted octanol–water partition coefficient (Wildman–Crippen LogP) is 1.36. The highest BCUT2D eigenvalue weighted by atomic mass is 16.1.